The number of rotatable bonds is 6. The summed E-state index contributed by atoms with van der Waals surface area (Å²) in [6.07, 6.45) is 0.839. The van der Waals surface area contributed by atoms with Crippen LogP contribution < -0.4 is 5.32 Å². The third-order valence-corrected chi connectivity index (χ3v) is 3.58. The molecular formula is C15H21F2NO2. The van der Waals surface area contributed by atoms with Crippen molar-refractivity contribution in [3.8, 4) is 0 Å². The van der Waals surface area contributed by atoms with Gasteiger partial charge in [0.25, 0.3) is 5.91 Å². The van der Waals surface area contributed by atoms with E-state index in [1.54, 1.807) is 0 Å². The molecule has 0 saturated carbocycles. The summed E-state index contributed by atoms with van der Waals surface area (Å²) in [6.45, 7) is 5.33. The van der Waals surface area contributed by atoms with Crippen molar-refractivity contribution in [3.05, 3.63) is 34.9 Å². The number of carbonyl (C=O) groups is 1. The molecule has 0 saturated heterocycles. The highest BCUT2D eigenvalue weighted by molar-refractivity contribution is 5.95. The molecule has 5 heteroatoms. The molecule has 3 nitrogen and oxygen atoms in total. The maximum absolute atomic E-state index is 13.8. The number of hydrogen-bond donors (Lipinski definition) is 2. The largest absolute Gasteiger partial charge is 0.391 e. The molecule has 0 heterocycles. The average molecular weight is 285 g/mol. The molecule has 1 amide bonds. The van der Waals surface area contributed by atoms with Crippen LogP contribution in [0, 0.1) is 24.5 Å². The van der Waals surface area contributed by atoms with Crippen LogP contribution in [0.4, 0.5) is 8.78 Å². The lowest BCUT2D eigenvalue weighted by Crippen LogP contribution is -2.36. The smallest absolute Gasteiger partial charge is 0.257 e. The van der Waals surface area contributed by atoms with Gasteiger partial charge < -0.3 is 10.4 Å². The predicted molar refractivity (Wildman–Crippen MR) is 73.5 cm³/mol. The van der Waals surface area contributed by atoms with Gasteiger partial charge >= 0.3 is 0 Å². The first kappa shape index (κ1) is 16.6. The van der Waals surface area contributed by atoms with Crippen molar-refractivity contribution in [2.75, 3.05) is 6.54 Å². The van der Waals surface area contributed by atoms with Crippen LogP contribution in [0.5, 0.6) is 0 Å². The minimum Gasteiger partial charge on any atom is -0.391 e. The van der Waals surface area contributed by atoms with Crippen molar-refractivity contribution in [2.24, 2.45) is 5.92 Å². The van der Waals surface area contributed by atoms with Gasteiger partial charge in [-0.25, -0.2) is 8.78 Å². The zero-order valence-corrected chi connectivity index (χ0v) is 12.0. The van der Waals surface area contributed by atoms with Gasteiger partial charge in [-0.15, -0.1) is 0 Å². The van der Waals surface area contributed by atoms with Gasteiger partial charge in [-0.2, -0.15) is 0 Å². The molecule has 0 fully saturated rings. The standard InChI is InChI=1S/C15H21F2NO2/c1-4-10(5-2)12(19)8-18-15(20)13-11(16)7-6-9(3)14(13)17/h6-7,10,12,19H,4-5,8H2,1-3H3,(H,18,20). The van der Waals surface area contributed by atoms with Crippen molar-refractivity contribution < 1.29 is 18.7 Å². The number of benzene rings is 1. The van der Waals surface area contributed by atoms with Crippen LogP contribution in [0.15, 0.2) is 12.1 Å². The number of aliphatic hydroxyl groups excluding tert-OH is 1. The molecule has 2 N–H and O–H groups in total. The Bertz CT molecular complexity index is 473. The Morgan fingerprint density at radius 3 is 2.45 bits per heavy atom. The van der Waals surface area contributed by atoms with E-state index in [2.05, 4.69) is 5.32 Å². The van der Waals surface area contributed by atoms with E-state index < -0.39 is 29.2 Å². The SMILES string of the molecule is CCC(CC)C(O)CNC(=O)c1c(F)ccc(C)c1F. The van der Waals surface area contributed by atoms with Crippen molar-refractivity contribution in [1.29, 1.82) is 0 Å². The molecule has 1 aromatic rings. The van der Waals surface area contributed by atoms with Crippen molar-refractivity contribution in [3.63, 3.8) is 0 Å². The van der Waals surface area contributed by atoms with E-state index in [-0.39, 0.29) is 18.0 Å². The van der Waals surface area contributed by atoms with Crippen LogP contribution in [0.1, 0.15) is 42.6 Å². The van der Waals surface area contributed by atoms with E-state index in [9.17, 15) is 18.7 Å². The normalized spacial score (nSPS) is 12.6. The van der Waals surface area contributed by atoms with E-state index >= 15 is 0 Å². The molecule has 20 heavy (non-hydrogen) atoms. The lowest BCUT2D eigenvalue weighted by Gasteiger charge is -2.20. The fraction of sp³-hybridized carbons (Fsp3) is 0.533. The zero-order valence-electron chi connectivity index (χ0n) is 12.0. The Hall–Kier alpha value is -1.49. The summed E-state index contributed by atoms with van der Waals surface area (Å²) in [4.78, 5) is 11.8. The molecule has 0 bridgehead atoms. The van der Waals surface area contributed by atoms with Crippen LogP contribution in [-0.4, -0.2) is 23.7 Å². The molecule has 0 spiro atoms. The minimum atomic E-state index is -0.900. The molecule has 1 rings (SSSR count). The molecule has 1 aromatic carbocycles. The highest BCUT2D eigenvalue weighted by Crippen LogP contribution is 2.17. The van der Waals surface area contributed by atoms with Gasteiger partial charge in [0.15, 0.2) is 0 Å². The highest BCUT2D eigenvalue weighted by Gasteiger charge is 2.21. The second-order valence-electron chi connectivity index (χ2n) is 4.91. The van der Waals surface area contributed by atoms with Gasteiger partial charge in [-0.05, 0) is 24.5 Å². The van der Waals surface area contributed by atoms with E-state index in [0.29, 0.717) is 0 Å². The van der Waals surface area contributed by atoms with Crippen LogP contribution in [0.25, 0.3) is 0 Å². The van der Waals surface area contributed by atoms with Crippen LogP contribution in [0.3, 0.4) is 0 Å². The fourth-order valence-electron chi connectivity index (χ4n) is 2.15. The molecular weight excluding hydrogens is 264 g/mol. The summed E-state index contributed by atoms with van der Waals surface area (Å²) in [5.74, 6) is -2.54. The Morgan fingerprint density at radius 2 is 1.90 bits per heavy atom. The first-order valence-corrected chi connectivity index (χ1v) is 6.83. The Kier molecular flexibility index (Phi) is 6.07. The van der Waals surface area contributed by atoms with Crippen LogP contribution >= 0.6 is 0 Å². The van der Waals surface area contributed by atoms with Gasteiger partial charge in [-0.1, -0.05) is 32.8 Å². The monoisotopic (exact) mass is 285 g/mol. The Labute approximate surface area is 118 Å². The van der Waals surface area contributed by atoms with E-state index in [1.165, 1.54) is 13.0 Å². The first-order valence-electron chi connectivity index (χ1n) is 6.83. The quantitative estimate of drug-likeness (QED) is 0.844. The highest BCUT2D eigenvalue weighted by atomic mass is 19.1. The van der Waals surface area contributed by atoms with E-state index in [0.717, 1.165) is 18.9 Å². The number of aliphatic hydroxyl groups is 1. The van der Waals surface area contributed by atoms with Gasteiger partial charge in [0.2, 0.25) is 0 Å². The van der Waals surface area contributed by atoms with Gasteiger partial charge in [0.05, 0.1) is 6.10 Å². The maximum atomic E-state index is 13.8. The predicted octanol–water partition coefficient (Wildman–Crippen LogP) is 2.80. The summed E-state index contributed by atoms with van der Waals surface area (Å²) < 4.78 is 27.3. The first-order chi connectivity index (χ1) is 9.42. The second-order valence-corrected chi connectivity index (χ2v) is 4.91. The van der Waals surface area contributed by atoms with Gasteiger partial charge in [0.1, 0.15) is 17.2 Å². The third-order valence-electron chi connectivity index (χ3n) is 3.58. The number of carbonyl (C=O) groups excluding carboxylic acids is 1. The van der Waals surface area contributed by atoms with Gasteiger partial charge in [-0.3, -0.25) is 4.79 Å². The molecule has 112 valence electrons. The second kappa shape index (κ2) is 7.33. The lowest BCUT2D eigenvalue weighted by atomic mass is 9.96. The number of aryl methyl sites for hydroxylation is 1. The molecule has 1 unspecified atom stereocenters. The Balaban J connectivity index is 2.76. The summed E-state index contributed by atoms with van der Waals surface area (Å²) in [7, 11) is 0. The summed E-state index contributed by atoms with van der Waals surface area (Å²) in [5, 5.41) is 12.3. The van der Waals surface area contributed by atoms with Crippen LogP contribution in [-0.2, 0) is 0 Å². The number of amides is 1. The average Bonchev–Trinajstić information content (AvgIpc) is 2.42. The van der Waals surface area contributed by atoms with E-state index in [1.807, 2.05) is 13.8 Å². The molecule has 1 atom stereocenters. The number of halogens is 2. The molecule has 0 aliphatic rings. The molecule has 0 aliphatic carbocycles. The van der Waals surface area contributed by atoms with E-state index in [4.69, 9.17) is 0 Å². The molecule has 0 aliphatic heterocycles. The number of nitrogens with one attached hydrogen (secondary N) is 1. The topological polar surface area (TPSA) is 49.3 Å². The summed E-state index contributed by atoms with van der Waals surface area (Å²) in [5.41, 5.74) is -0.390. The summed E-state index contributed by atoms with van der Waals surface area (Å²) >= 11 is 0. The third kappa shape index (κ3) is 3.76. The molecule has 0 aromatic heterocycles. The van der Waals surface area contributed by atoms with Crippen molar-refractivity contribution in [1.82, 2.24) is 5.32 Å². The Morgan fingerprint density at radius 1 is 1.30 bits per heavy atom. The van der Waals surface area contributed by atoms with Gasteiger partial charge in [0, 0.05) is 6.54 Å². The van der Waals surface area contributed by atoms with Crippen molar-refractivity contribution in [2.45, 2.75) is 39.7 Å². The molecule has 0 radical (unpaired) electrons. The van der Waals surface area contributed by atoms with Crippen LogP contribution in [0.2, 0.25) is 0 Å². The minimum absolute atomic E-state index is 0.0159. The summed E-state index contributed by atoms with van der Waals surface area (Å²) in [6, 6.07) is 2.34. The zero-order chi connectivity index (χ0) is 15.3. The number of hydrogen-bond acceptors (Lipinski definition) is 2. The lowest BCUT2D eigenvalue weighted by molar-refractivity contribution is 0.0810. The van der Waals surface area contributed by atoms with Crippen molar-refractivity contribution >= 4 is 5.91 Å². The fourth-order valence-corrected chi connectivity index (χ4v) is 2.15. The maximum Gasteiger partial charge on any atom is 0.257 e.